The molecule has 0 unspecified atom stereocenters. The Morgan fingerprint density at radius 3 is 2.62 bits per heavy atom. The van der Waals surface area contributed by atoms with Crippen LogP contribution in [0.5, 0.6) is 0 Å². The molecule has 34 heavy (non-hydrogen) atoms. The van der Waals surface area contributed by atoms with E-state index >= 15 is 0 Å². The number of aliphatic imine (C=N–C) groups is 1. The Morgan fingerprint density at radius 1 is 1.21 bits per heavy atom. The van der Waals surface area contributed by atoms with E-state index < -0.39 is 35.4 Å². The number of aliphatic hydroxyl groups excluding tert-OH is 1. The average molecular weight is 471 g/mol. The van der Waals surface area contributed by atoms with Gasteiger partial charge in [-0.2, -0.15) is 13.2 Å². The topological polar surface area (TPSA) is 94.6 Å². The molecule has 178 valence electrons. The van der Waals surface area contributed by atoms with Crippen molar-refractivity contribution in [2.45, 2.75) is 45.4 Å². The summed E-state index contributed by atoms with van der Waals surface area (Å²) in [6.07, 6.45) is -0.170. The number of fused-ring (bicyclic) bond motifs is 1. The number of aliphatic hydroxyl groups is 1. The number of nitrogens with zero attached hydrogens (tertiary/aromatic N) is 1. The van der Waals surface area contributed by atoms with Gasteiger partial charge in [0.05, 0.1) is 28.9 Å². The van der Waals surface area contributed by atoms with Crippen LogP contribution in [-0.4, -0.2) is 21.7 Å². The Kier molecular flexibility index (Phi) is 6.56. The molecular formula is C25H24F3N3O3. The summed E-state index contributed by atoms with van der Waals surface area (Å²) in [5.41, 5.74) is -0.791. The number of halogens is 3. The first-order chi connectivity index (χ1) is 16.2. The number of aromatic amines is 1. The molecule has 0 spiro atoms. The highest BCUT2D eigenvalue weighted by atomic mass is 19.4. The lowest BCUT2D eigenvalue weighted by molar-refractivity contribution is -0.136. The zero-order valence-electron chi connectivity index (χ0n) is 18.5. The van der Waals surface area contributed by atoms with Gasteiger partial charge in [-0.15, -0.1) is 0 Å². The summed E-state index contributed by atoms with van der Waals surface area (Å²) < 4.78 is 41.4. The van der Waals surface area contributed by atoms with Crippen LogP contribution in [0.15, 0.2) is 52.4 Å². The van der Waals surface area contributed by atoms with E-state index in [0.717, 1.165) is 49.7 Å². The zero-order chi connectivity index (χ0) is 24.5. The number of hydrogen-bond acceptors (Lipinski definition) is 4. The Bertz CT molecular complexity index is 1320. The monoisotopic (exact) mass is 471 g/mol. The summed E-state index contributed by atoms with van der Waals surface area (Å²) >= 11 is 0. The van der Waals surface area contributed by atoms with E-state index in [-0.39, 0.29) is 16.6 Å². The van der Waals surface area contributed by atoms with Gasteiger partial charge in [0, 0.05) is 17.4 Å². The molecule has 2 aromatic carbocycles. The molecule has 0 saturated heterocycles. The number of anilines is 1. The van der Waals surface area contributed by atoms with Gasteiger partial charge in [0.15, 0.2) is 0 Å². The lowest BCUT2D eigenvalue weighted by Crippen LogP contribution is -2.24. The number of carbonyl (C=O) groups is 1. The number of nitrogens with one attached hydrogen (secondary N) is 2. The van der Waals surface area contributed by atoms with Gasteiger partial charge in [0.2, 0.25) is 5.43 Å². The van der Waals surface area contributed by atoms with E-state index in [1.807, 2.05) is 0 Å². The number of rotatable bonds is 4. The second-order valence-corrected chi connectivity index (χ2v) is 8.57. The molecule has 0 bridgehead atoms. The Labute approximate surface area is 193 Å². The van der Waals surface area contributed by atoms with Crippen molar-refractivity contribution >= 4 is 33.9 Å². The van der Waals surface area contributed by atoms with E-state index in [4.69, 9.17) is 0 Å². The Balaban J connectivity index is 1.67. The van der Waals surface area contributed by atoms with E-state index in [0.29, 0.717) is 17.0 Å². The molecule has 9 heteroatoms. The average Bonchev–Trinajstić information content (AvgIpc) is 2.80. The van der Waals surface area contributed by atoms with Crippen LogP contribution in [-0.2, 0) is 12.8 Å². The van der Waals surface area contributed by atoms with Crippen LogP contribution < -0.4 is 10.7 Å². The lowest BCUT2D eigenvalue weighted by atomic mass is 9.89. The number of alkyl halides is 3. The molecule has 3 aromatic rings. The van der Waals surface area contributed by atoms with Crippen molar-refractivity contribution in [2.24, 2.45) is 10.9 Å². The molecule has 1 aliphatic rings. The maximum absolute atomic E-state index is 13.8. The molecule has 4 rings (SSSR count). The Hall–Kier alpha value is -3.46. The van der Waals surface area contributed by atoms with Crippen molar-refractivity contribution in [3.63, 3.8) is 0 Å². The molecular weight excluding hydrogens is 447 g/mol. The van der Waals surface area contributed by atoms with Crippen LogP contribution >= 0.6 is 0 Å². The van der Waals surface area contributed by atoms with Crippen LogP contribution in [0.1, 0.15) is 54.1 Å². The van der Waals surface area contributed by atoms with Gasteiger partial charge >= 0.3 is 6.18 Å². The summed E-state index contributed by atoms with van der Waals surface area (Å²) in [7, 11) is 0. The molecule has 1 saturated carbocycles. The summed E-state index contributed by atoms with van der Waals surface area (Å²) in [5.74, 6) is -0.407. The fourth-order valence-corrected chi connectivity index (χ4v) is 4.16. The van der Waals surface area contributed by atoms with Gasteiger partial charge in [-0.3, -0.25) is 14.6 Å². The third-order valence-corrected chi connectivity index (χ3v) is 6.10. The van der Waals surface area contributed by atoms with Gasteiger partial charge in [-0.1, -0.05) is 19.1 Å². The quantitative estimate of drug-likeness (QED) is 0.464. The summed E-state index contributed by atoms with van der Waals surface area (Å²) in [5, 5.41) is 11.9. The molecule has 1 fully saturated rings. The minimum Gasteiger partial charge on any atom is -0.392 e. The molecule has 1 aliphatic carbocycles. The van der Waals surface area contributed by atoms with E-state index in [1.54, 1.807) is 12.1 Å². The molecule has 1 amide bonds. The van der Waals surface area contributed by atoms with Gasteiger partial charge in [-0.05, 0) is 61.4 Å². The van der Waals surface area contributed by atoms with Crippen LogP contribution in [0.3, 0.4) is 0 Å². The zero-order valence-corrected chi connectivity index (χ0v) is 18.5. The predicted octanol–water partition coefficient (Wildman–Crippen LogP) is 5.57. The van der Waals surface area contributed by atoms with E-state index in [2.05, 4.69) is 22.2 Å². The molecule has 0 radical (unpaired) electrons. The SMILES string of the molecule is CC1CCC(=Nc2ccc(NC(=O)c3c[nH]c4cccc(CO)c4c3=O)c(C(F)(F)F)c2)CC1. The predicted molar refractivity (Wildman–Crippen MR) is 125 cm³/mol. The fraction of sp³-hybridized carbons (Fsp3) is 0.320. The number of aromatic nitrogens is 1. The summed E-state index contributed by atoms with van der Waals surface area (Å²) in [6, 6.07) is 8.26. The number of amides is 1. The Morgan fingerprint density at radius 2 is 1.94 bits per heavy atom. The van der Waals surface area contributed by atoms with Gasteiger partial charge < -0.3 is 15.4 Å². The second-order valence-electron chi connectivity index (χ2n) is 8.57. The van der Waals surface area contributed by atoms with Crippen molar-refractivity contribution < 1.29 is 23.1 Å². The van der Waals surface area contributed by atoms with Crippen LogP contribution in [0.4, 0.5) is 24.5 Å². The van der Waals surface area contributed by atoms with Crippen molar-refractivity contribution in [2.75, 3.05) is 5.32 Å². The molecule has 0 atom stereocenters. The first-order valence-electron chi connectivity index (χ1n) is 11.0. The number of carbonyl (C=O) groups excluding carboxylic acids is 1. The third kappa shape index (κ3) is 4.89. The summed E-state index contributed by atoms with van der Waals surface area (Å²) in [6.45, 7) is 1.72. The maximum Gasteiger partial charge on any atom is 0.418 e. The molecule has 3 N–H and O–H groups in total. The molecule has 1 aromatic heterocycles. The standard InChI is InChI=1S/C25H24F3N3O3/c1-14-5-7-16(8-6-14)30-17-9-10-20(19(11-17)25(26,27)28)31-24(34)18-12-29-21-4-2-3-15(13-32)22(21)23(18)33/h2-4,9-12,14,32H,5-8,13H2,1H3,(H,29,33)(H,31,34). The van der Waals surface area contributed by atoms with Crippen molar-refractivity contribution in [3.05, 3.63) is 69.5 Å². The van der Waals surface area contributed by atoms with Crippen LogP contribution in [0.2, 0.25) is 0 Å². The minimum absolute atomic E-state index is 0.113. The van der Waals surface area contributed by atoms with Gasteiger partial charge in [0.1, 0.15) is 5.56 Å². The first kappa shape index (κ1) is 23.7. The van der Waals surface area contributed by atoms with Crippen molar-refractivity contribution in [1.82, 2.24) is 4.98 Å². The number of pyridine rings is 1. The number of H-pyrrole nitrogens is 1. The highest BCUT2D eigenvalue weighted by Crippen LogP contribution is 2.38. The van der Waals surface area contributed by atoms with Crippen LogP contribution in [0, 0.1) is 5.92 Å². The smallest absolute Gasteiger partial charge is 0.392 e. The number of benzene rings is 2. The first-order valence-corrected chi connectivity index (χ1v) is 11.0. The normalized spacial score (nSPS) is 16.5. The van der Waals surface area contributed by atoms with Crippen molar-refractivity contribution in [3.8, 4) is 0 Å². The highest BCUT2D eigenvalue weighted by molar-refractivity contribution is 6.06. The second kappa shape index (κ2) is 9.42. The lowest BCUT2D eigenvalue weighted by Gasteiger charge is -2.19. The minimum atomic E-state index is -4.74. The molecule has 0 aliphatic heterocycles. The van der Waals surface area contributed by atoms with Crippen molar-refractivity contribution in [1.29, 1.82) is 0 Å². The molecule has 6 nitrogen and oxygen atoms in total. The van der Waals surface area contributed by atoms with Gasteiger partial charge in [0.25, 0.3) is 5.91 Å². The van der Waals surface area contributed by atoms with Crippen LogP contribution in [0.25, 0.3) is 10.9 Å². The maximum atomic E-state index is 13.8. The third-order valence-electron chi connectivity index (χ3n) is 6.10. The largest absolute Gasteiger partial charge is 0.418 e. The summed E-state index contributed by atoms with van der Waals surface area (Å²) in [4.78, 5) is 32.9. The van der Waals surface area contributed by atoms with E-state index in [1.165, 1.54) is 12.1 Å². The highest BCUT2D eigenvalue weighted by Gasteiger charge is 2.34. The van der Waals surface area contributed by atoms with E-state index in [9.17, 15) is 27.9 Å². The fourth-order valence-electron chi connectivity index (χ4n) is 4.16. The number of hydrogen-bond donors (Lipinski definition) is 3. The molecule has 1 heterocycles. The van der Waals surface area contributed by atoms with Gasteiger partial charge in [-0.25, -0.2) is 0 Å².